The third-order valence-electron chi connectivity index (χ3n) is 0. The first-order valence-electron chi connectivity index (χ1n) is 0. The Hall–Kier alpha value is 1.51. The molecule has 6 heavy (non-hydrogen) atoms. The first-order chi connectivity index (χ1) is 0. The van der Waals surface area contributed by atoms with Crippen LogP contribution in [0.15, 0.2) is 0 Å². The summed E-state index contributed by atoms with van der Waals surface area (Å²) in [5, 5.41) is 0. The molecule has 0 aromatic rings. The van der Waals surface area contributed by atoms with E-state index in [0.29, 0.717) is 0 Å². The van der Waals surface area contributed by atoms with Crippen LogP contribution in [-0.4, -0.2) is 0 Å². The molecule has 0 nitrogen and oxygen atoms in total. The van der Waals surface area contributed by atoms with E-state index in [1.807, 2.05) is 0 Å². The molecule has 0 spiro atoms. The maximum atomic E-state index is 0. The van der Waals surface area contributed by atoms with Crippen LogP contribution in [0.4, 0.5) is 0 Å². The van der Waals surface area contributed by atoms with Gasteiger partial charge in [0.25, 0.3) is 0 Å². The molecule has 32 valence electrons. The molecular weight excluding hydrogens is 222 g/mol. The van der Waals surface area contributed by atoms with Gasteiger partial charge in [-0.1, -0.05) is 0 Å². The molecule has 0 N–H and O–H groups in total. The van der Waals surface area contributed by atoms with E-state index in [0.717, 1.165) is 0 Å². The average Bonchev–Trinajstić information content (AvgIpc) is 0. The molecule has 6 heteroatoms. The Morgan fingerprint density at radius 1 is 0.500 bits per heavy atom. The second-order valence-electron chi connectivity index (χ2n) is 0. The van der Waals surface area contributed by atoms with Crippen molar-refractivity contribution in [3.05, 3.63) is 0 Å². The standard InChI is InChI=1S/4FH.La.Li/h4*1H;;/q;;;;+3;+1/p-4. The molecule has 0 aliphatic heterocycles. The molecule has 0 unspecified atom stereocenters. The summed E-state index contributed by atoms with van der Waals surface area (Å²) in [5.74, 6) is 0. The maximum absolute atomic E-state index is 0. The van der Waals surface area contributed by atoms with Gasteiger partial charge in [0.05, 0.1) is 0 Å². The van der Waals surface area contributed by atoms with E-state index in [-0.39, 0.29) is 73.3 Å². The van der Waals surface area contributed by atoms with Crippen LogP contribution in [0.1, 0.15) is 0 Å². The molecule has 0 bridgehead atoms. The zero-order valence-electron chi connectivity index (χ0n) is 3.09. The van der Waals surface area contributed by atoms with E-state index in [2.05, 4.69) is 0 Å². The van der Waals surface area contributed by atoms with Crippen molar-refractivity contribution in [1.29, 1.82) is 0 Å². The van der Waals surface area contributed by atoms with Crippen molar-refractivity contribution in [2.75, 3.05) is 0 Å². The van der Waals surface area contributed by atoms with Gasteiger partial charge in [0.1, 0.15) is 0 Å². The minimum atomic E-state index is 0. The van der Waals surface area contributed by atoms with Crippen molar-refractivity contribution in [1.82, 2.24) is 0 Å². The summed E-state index contributed by atoms with van der Waals surface area (Å²) in [7, 11) is 0. The second kappa shape index (κ2) is 86.5. The fourth-order valence-electron chi connectivity index (χ4n) is 0. The van der Waals surface area contributed by atoms with Gasteiger partial charge in [-0.25, -0.2) is 0 Å². The Morgan fingerprint density at radius 2 is 0.500 bits per heavy atom. The zero-order valence-corrected chi connectivity index (χ0v) is 6.72. The second-order valence-corrected chi connectivity index (χ2v) is 0. The van der Waals surface area contributed by atoms with Crippen LogP contribution in [0.2, 0.25) is 0 Å². The van der Waals surface area contributed by atoms with Crippen molar-refractivity contribution < 1.29 is 73.3 Å². The number of rotatable bonds is 0. The van der Waals surface area contributed by atoms with Crippen molar-refractivity contribution >= 4 is 0 Å². The van der Waals surface area contributed by atoms with Gasteiger partial charge in [-0.2, -0.15) is 0 Å². The number of hydrogen-bond donors (Lipinski definition) is 0. The van der Waals surface area contributed by atoms with E-state index in [1.165, 1.54) is 0 Å². The van der Waals surface area contributed by atoms with Gasteiger partial charge in [0.2, 0.25) is 0 Å². The Morgan fingerprint density at radius 3 is 0.500 bits per heavy atom. The van der Waals surface area contributed by atoms with E-state index < -0.39 is 0 Å². The minimum absolute atomic E-state index is 0. The van der Waals surface area contributed by atoms with Gasteiger partial charge in [-0.15, -0.1) is 0 Å². The Bertz CT molecular complexity index is 7.51. The normalized spacial score (nSPS) is 0. The number of halogens is 4. The third kappa shape index (κ3) is 49.1. The summed E-state index contributed by atoms with van der Waals surface area (Å²) < 4.78 is 0. The fourth-order valence-corrected chi connectivity index (χ4v) is 0. The van der Waals surface area contributed by atoms with Gasteiger partial charge in [-0.05, 0) is 0 Å². The van der Waals surface area contributed by atoms with E-state index in [1.54, 1.807) is 0 Å². The summed E-state index contributed by atoms with van der Waals surface area (Å²) in [5.41, 5.74) is 0. The molecule has 0 aliphatic rings. The third-order valence-corrected chi connectivity index (χ3v) is 0. The quantitative estimate of drug-likeness (QED) is 0.282. The predicted molar refractivity (Wildman–Crippen MR) is 0 cm³/mol. The van der Waals surface area contributed by atoms with Gasteiger partial charge >= 0.3 is 54.5 Å². The van der Waals surface area contributed by atoms with Gasteiger partial charge < -0.3 is 18.8 Å². The van der Waals surface area contributed by atoms with Crippen LogP contribution in [0.25, 0.3) is 0 Å². The zero-order chi connectivity index (χ0) is 0. The summed E-state index contributed by atoms with van der Waals surface area (Å²) in [6, 6.07) is 0. The van der Waals surface area contributed by atoms with Crippen molar-refractivity contribution in [3.63, 3.8) is 0 Å². The molecule has 0 fully saturated rings. The molecular formula is F4LaLi. The van der Waals surface area contributed by atoms with Crippen molar-refractivity contribution in [2.24, 2.45) is 0 Å². The summed E-state index contributed by atoms with van der Waals surface area (Å²) in [6.45, 7) is 0. The monoisotopic (exact) mass is 222 g/mol. The molecule has 0 aromatic heterocycles. The maximum Gasteiger partial charge on any atom is 3.00 e. The molecule has 0 saturated heterocycles. The largest absolute Gasteiger partial charge is 3.00 e. The van der Waals surface area contributed by atoms with Crippen LogP contribution in [0.5, 0.6) is 0 Å². The van der Waals surface area contributed by atoms with Crippen molar-refractivity contribution in [2.45, 2.75) is 0 Å². The molecule has 0 saturated carbocycles. The molecule has 0 atom stereocenters. The van der Waals surface area contributed by atoms with Gasteiger partial charge in [0.15, 0.2) is 0 Å². The summed E-state index contributed by atoms with van der Waals surface area (Å²) >= 11 is 0. The molecule has 0 aromatic carbocycles. The molecule has 0 amide bonds. The van der Waals surface area contributed by atoms with E-state index in [9.17, 15) is 0 Å². The molecule has 0 aliphatic carbocycles. The predicted octanol–water partition coefficient (Wildman–Crippen LogP) is -15.0. The Labute approximate surface area is 72.7 Å². The Kier molecular flexibility index (Phi) is 2010. The van der Waals surface area contributed by atoms with Crippen LogP contribution < -0.4 is 37.7 Å². The summed E-state index contributed by atoms with van der Waals surface area (Å²) in [6.07, 6.45) is 0. The fraction of sp³-hybridized carbons (Fsp3) is 0. The van der Waals surface area contributed by atoms with E-state index in [4.69, 9.17) is 0 Å². The van der Waals surface area contributed by atoms with Crippen LogP contribution in [-0.2, 0) is 0 Å². The van der Waals surface area contributed by atoms with Crippen LogP contribution in [0.3, 0.4) is 0 Å². The topological polar surface area (TPSA) is 0 Å². The first kappa shape index (κ1) is 139. The average molecular weight is 222 g/mol. The van der Waals surface area contributed by atoms with E-state index >= 15 is 0 Å². The van der Waals surface area contributed by atoms with Gasteiger partial charge in [-0.3, -0.25) is 0 Å². The SMILES string of the molecule is [F-].[F-].[F-].[F-].[La+3].[Li+]. The molecule has 0 rings (SSSR count). The molecule has 0 radical (unpaired) electrons. The van der Waals surface area contributed by atoms with Crippen LogP contribution >= 0.6 is 0 Å². The number of hydrogen-bond acceptors (Lipinski definition) is 0. The first-order valence-corrected chi connectivity index (χ1v) is 0. The summed E-state index contributed by atoms with van der Waals surface area (Å²) in [4.78, 5) is 0. The minimum Gasteiger partial charge on any atom is -1.00 e. The molecule has 0 heterocycles. The smallest absolute Gasteiger partial charge is 1.00 e. The van der Waals surface area contributed by atoms with Crippen molar-refractivity contribution in [3.8, 4) is 0 Å². The Balaban J connectivity index is 0. The van der Waals surface area contributed by atoms with Crippen LogP contribution in [0, 0.1) is 35.6 Å². The van der Waals surface area contributed by atoms with Gasteiger partial charge in [0, 0.05) is 0 Å².